The van der Waals surface area contributed by atoms with Crippen LogP contribution in [-0.2, 0) is 0 Å². The van der Waals surface area contributed by atoms with E-state index in [9.17, 15) is 9.59 Å². The van der Waals surface area contributed by atoms with Gasteiger partial charge in [0.15, 0.2) is 0 Å². The van der Waals surface area contributed by atoms with Gasteiger partial charge >= 0.3 is 5.69 Å². The summed E-state index contributed by atoms with van der Waals surface area (Å²) in [4.78, 5) is 31.0. The van der Waals surface area contributed by atoms with Crippen LogP contribution in [0.4, 0.5) is 0 Å². The van der Waals surface area contributed by atoms with Crippen molar-refractivity contribution in [3.8, 4) is 0 Å². The second-order valence-corrected chi connectivity index (χ2v) is 3.07. The first-order chi connectivity index (χ1) is 7.25. The number of hydrogen-bond donors (Lipinski definition) is 2. The zero-order valence-electron chi connectivity index (χ0n) is 7.40. The zero-order valence-corrected chi connectivity index (χ0v) is 7.40. The molecule has 6 heteroatoms. The van der Waals surface area contributed by atoms with Crippen LogP contribution < -0.4 is 11.2 Å². The molecule has 74 valence electrons. The number of aromatic amines is 2. The van der Waals surface area contributed by atoms with Gasteiger partial charge in [-0.1, -0.05) is 0 Å². The standard InChI is InChI=1S/C9H5N3O3/c13-7-6-5(11-9(14)12-7)4-2-1-3-10-8(4)15-6/h1-3H,(H2,11,12,13,14). The van der Waals surface area contributed by atoms with E-state index in [1.807, 2.05) is 0 Å². The fourth-order valence-electron chi connectivity index (χ4n) is 1.52. The lowest BCUT2D eigenvalue weighted by molar-refractivity contribution is 0.646. The molecule has 0 saturated heterocycles. The quantitative estimate of drug-likeness (QED) is 0.551. The molecule has 0 radical (unpaired) electrons. The third-order valence-corrected chi connectivity index (χ3v) is 2.14. The highest BCUT2D eigenvalue weighted by molar-refractivity contribution is 6.00. The number of H-pyrrole nitrogens is 2. The molecule has 0 fully saturated rings. The molecule has 0 aliphatic carbocycles. The summed E-state index contributed by atoms with van der Waals surface area (Å²) in [5.41, 5.74) is -0.305. The molecule has 2 N–H and O–H groups in total. The molecule has 0 aliphatic heterocycles. The molecule has 0 aromatic carbocycles. The van der Waals surface area contributed by atoms with Crippen molar-refractivity contribution in [3.05, 3.63) is 39.2 Å². The summed E-state index contributed by atoms with van der Waals surface area (Å²) in [5, 5.41) is 0.621. The van der Waals surface area contributed by atoms with Crippen LogP contribution in [0.15, 0.2) is 32.3 Å². The Bertz CT molecular complexity index is 765. The summed E-state index contributed by atoms with van der Waals surface area (Å²) in [6.07, 6.45) is 1.55. The fraction of sp³-hybridized carbons (Fsp3) is 0. The molecule has 0 spiro atoms. The van der Waals surface area contributed by atoms with Gasteiger partial charge in [0, 0.05) is 6.20 Å². The van der Waals surface area contributed by atoms with Crippen molar-refractivity contribution in [1.82, 2.24) is 15.0 Å². The maximum Gasteiger partial charge on any atom is 0.326 e. The summed E-state index contributed by atoms with van der Waals surface area (Å²) < 4.78 is 5.21. The van der Waals surface area contributed by atoms with Gasteiger partial charge in [0.1, 0.15) is 5.52 Å². The predicted octanol–water partition coefficient (Wildman–Crippen LogP) is 0.358. The highest BCUT2D eigenvalue weighted by Crippen LogP contribution is 2.20. The Kier molecular flexibility index (Phi) is 1.37. The van der Waals surface area contributed by atoms with E-state index in [-0.39, 0.29) is 5.58 Å². The molecule has 15 heavy (non-hydrogen) atoms. The molecular formula is C9H5N3O3. The van der Waals surface area contributed by atoms with E-state index < -0.39 is 11.2 Å². The van der Waals surface area contributed by atoms with Crippen LogP contribution in [0, 0.1) is 0 Å². The number of furan rings is 1. The number of fused-ring (bicyclic) bond motifs is 3. The summed E-state index contributed by atoms with van der Waals surface area (Å²) in [5.74, 6) is 0. The lowest BCUT2D eigenvalue weighted by atomic mass is 10.3. The number of hydrogen-bond acceptors (Lipinski definition) is 4. The molecule has 0 atom stereocenters. The predicted molar refractivity (Wildman–Crippen MR) is 52.8 cm³/mol. The van der Waals surface area contributed by atoms with Gasteiger partial charge in [-0.3, -0.25) is 9.78 Å². The Labute approximate surface area is 81.6 Å². The Morgan fingerprint density at radius 3 is 3.00 bits per heavy atom. The smallest absolute Gasteiger partial charge is 0.326 e. The van der Waals surface area contributed by atoms with Crippen molar-refractivity contribution in [3.63, 3.8) is 0 Å². The normalized spacial score (nSPS) is 11.2. The minimum absolute atomic E-state index is 0.0864. The lowest BCUT2D eigenvalue weighted by Crippen LogP contribution is -2.20. The van der Waals surface area contributed by atoms with Gasteiger partial charge in [-0.25, -0.2) is 9.78 Å². The molecule has 6 nitrogen and oxygen atoms in total. The largest absolute Gasteiger partial charge is 0.430 e. The minimum Gasteiger partial charge on any atom is -0.430 e. The second kappa shape index (κ2) is 2.57. The third kappa shape index (κ3) is 1.01. The van der Waals surface area contributed by atoms with E-state index in [0.717, 1.165) is 0 Å². The van der Waals surface area contributed by atoms with Crippen molar-refractivity contribution in [2.75, 3.05) is 0 Å². The Morgan fingerprint density at radius 2 is 2.13 bits per heavy atom. The zero-order chi connectivity index (χ0) is 10.4. The number of rotatable bonds is 0. The second-order valence-electron chi connectivity index (χ2n) is 3.07. The number of aromatic nitrogens is 3. The van der Waals surface area contributed by atoms with Crippen LogP contribution >= 0.6 is 0 Å². The highest BCUT2D eigenvalue weighted by Gasteiger charge is 2.10. The van der Waals surface area contributed by atoms with Crippen molar-refractivity contribution in [2.45, 2.75) is 0 Å². The SMILES string of the molecule is O=c1[nH]c(=O)c2oc3ncccc3c2[nH]1. The maximum atomic E-state index is 11.4. The van der Waals surface area contributed by atoms with E-state index in [1.165, 1.54) is 0 Å². The van der Waals surface area contributed by atoms with Gasteiger partial charge in [-0.15, -0.1) is 0 Å². The van der Waals surface area contributed by atoms with Crippen molar-refractivity contribution in [1.29, 1.82) is 0 Å². The molecular weight excluding hydrogens is 198 g/mol. The van der Waals surface area contributed by atoms with Crippen molar-refractivity contribution >= 4 is 22.2 Å². The van der Waals surface area contributed by atoms with Crippen LogP contribution in [0.5, 0.6) is 0 Å². The van der Waals surface area contributed by atoms with Gasteiger partial charge in [0.2, 0.25) is 11.3 Å². The van der Waals surface area contributed by atoms with Crippen LogP contribution in [-0.4, -0.2) is 15.0 Å². The van der Waals surface area contributed by atoms with E-state index in [1.54, 1.807) is 18.3 Å². The van der Waals surface area contributed by atoms with Gasteiger partial charge in [-0.2, -0.15) is 0 Å². The Morgan fingerprint density at radius 1 is 1.27 bits per heavy atom. The van der Waals surface area contributed by atoms with Crippen molar-refractivity contribution < 1.29 is 4.42 Å². The van der Waals surface area contributed by atoms with Crippen LogP contribution in [0.2, 0.25) is 0 Å². The molecule has 3 aromatic heterocycles. The van der Waals surface area contributed by atoms with Crippen molar-refractivity contribution in [2.24, 2.45) is 0 Å². The number of pyridine rings is 1. The first-order valence-corrected chi connectivity index (χ1v) is 4.25. The van der Waals surface area contributed by atoms with Gasteiger partial charge in [0.05, 0.1) is 5.39 Å². The molecule has 0 amide bonds. The molecule has 3 rings (SSSR count). The van der Waals surface area contributed by atoms with Gasteiger partial charge in [0.25, 0.3) is 5.56 Å². The summed E-state index contributed by atoms with van der Waals surface area (Å²) in [6, 6.07) is 3.43. The lowest BCUT2D eigenvalue weighted by Gasteiger charge is -1.86. The van der Waals surface area contributed by atoms with E-state index in [0.29, 0.717) is 16.6 Å². The average Bonchev–Trinajstić information content (AvgIpc) is 2.57. The average molecular weight is 203 g/mol. The molecule has 3 aromatic rings. The van der Waals surface area contributed by atoms with Gasteiger partial charge < -0.3 is 9.40 Å². The van der Waals surface area contributed by atoms with Crippen LogP contribution in [0.25, 0.3) is 22.2 Å². The van der Waals surface area contributed by atoms with E-state index >= 15 is 0 Å². The molecule has 3 heterocycles. The molecule has 0 saturated carbocycles. The first kappa shape index (κ1) is 7.98. The minimum atomic E-state index is -0.556. The summed E-state index contributed by atoms with van der Waals surface area (Å²) >= 11 is 0. The van der Waals surface area contributed by atoms with Gasteiger partial charge in [-0.05, 0) is 12.1 Å². The number of nitrogens with zero attached hydrogens (tertiary/aromatic N) is 1. The Balaban J connectivity index is 2.73. The topological polar surface area (TPSA) is 91.8 Å². The first-order valence-electron chi connectivity index (χ1n) is 4.25. The fourth-order valence-corrected chi connectivity index (χ4v) is 1.52. The number of nitrogens with one attached hydrogen (secondary N) is 2. The third-order valence-electron chi connectivity index (χ3n) is 2.14. The summed E-state index contributed by atoms with van der Waals surface area (Å²) in [6.45, 7) is 0. The molecule has 0 unspecified atom stereocenters. The summed E-state index contributed by atoms with van der Waals surface area (Å²) in [7, 11) is 0. The van der Waals surface area contributed by atoms with E-state index in [2.05, 4.69) is 15.0 Å². The monoisotopic (exact) mass is 203 g/mol. The van der Waals surface area contributed by atoms with Crippen LogP contribution in [0.3, 0.4) is 0 Å². The highest BCUT2D eigenvalue weighted by atomic mass is 16.3. The molecule has 0 aliphatic rings. The maximum absolute atomic E-state index is 11.4. The molecule has 0 bridgehead atoms. The Hall–Kier alpha value is -2.37. The van der Waals surface area contributed by atoms with E-state index in [4.69, 9.17) is 4.42 Å². The van der Waals surface area contributed by atoms with Crippen LogP contribution in [0.1, 0.15) is 0 Å².